The quantitative estimate of drug-likeness (QED) is 0.789. The molecule has 4 nitrogen and oxygen atoms in total. The highest BCUT2D eigenvalue weighted by molar-refractivity contribution is 5.67. The number of hydrogen-bond acceptors (Lipinski definition) is 3. The van der Waals surface area contributed by atoms with E-state index in [1.807, 2.05) is 18.2 Å². The Morgan fingerprint density at radius 3 is 2.67 bits per heavy atom. The number of carbonyl (C=O) groups is 1. The summed E-state index contributed by atoms with van der Waals surface area (Å²) in [7, 11) is 0. The van der Waals surface area contributed by atoms with E-state index in [-0.39, 0.29) is 6.61 Å². The molecule has 82 valence electrons. The summed E-state index contributed by atoms with van der Waals surface area (Å²) in [6.45, 7) is 2.09. The Kier molecular flexibility index (Phi) is 4.63. The lowest BCUT2D eigenvalue weighted by molar-refractivity contribution is 0.0574. The first-order valence-corrected chi connectivity index (χ1v) is 4.88. The number of carbonyl (C=O) groups excluding carboxylic acids is 1. The third kappa shape index (κ3) is 3.59. The summed E-state index contributed by atoms with van der Waals surface area (Å²) in [4.78, 5) is 11.1. The van der Waals surface area contributed by atoms with Crippen molar-refractivity contribution in [2.75, 3.05) is 13.2 Å². The van der Waals surface area contributed by atoms with Gasteiger partial charge in [0, 0.05) is 6.54 Å². The van der Waals surface area contributed by atoms with E-state index < -0.39 is 12.2 Å². The van der Waals surface area contributed by atoms with E-state index in [9.17, 15) is 4.79 Å². The Morgan fingerprint density at radius 1 is 1.47 bits per heavy atom. The van der Waals surface area contributed by atoms with Crippen molar-refractivity contribution in [3.8, 4) is 0 Å². The van der Waals surface area contributed by atoms with Gasteiger partial charge in [0.25, 0.3) is 0 Å². The number of alkyl carbamates (subject to hydrolysis) is 1. The van der Waals surface area contributed by atoms with Crippen LogP contribution in [-0.4, -0.2) is 24.4 Å². The van der Waals surface area contributed by atoms with Crippen molar-refractivity contribution < 1.29 is 14.6 Å². The Labute approximate surface area is 88.9 Å². The molecule has 1 unspecified atom stereocenters. The molecule has 0 spiro atoms. The molecule has 0 fully saturated rings. The summed E-state index contributed by atoms with van der Waals surface area (Å²) in [5.74, 6) is 0. The van der Waals surface area contributed by atoms with Gasteiger partial charge in [-0.25, -0.2) is 4.79 Å². The molecule has 0 heterocycles. The van der Waals surface area contributed by atoms with Crippen molar-refractivity contribution in [1.82, 2.24) is 5.32 Å². The standard InChI is InChI=1S/C11H15NO3/c1-2-12-11(14)15-10(8-13)9-6-4-3-5-7-9/h3-7,10,13H,2,8H2,1H3,(H,12,14). The second-order valence-electron chi connectivity index (χ2n) is 3.02. The highest BCUT2D eigenvalue weighted by atomic mass is 16.6. The van der Waals surface area contributed by atoms with Gasteiger partial charge in [0.1, 0.15) is 0 Å². The van der Waals surface area contributed by atoms with Gasteiger partial charge < -0.3 is 15.2 Å². The molecule has 0 aliphatic rings. The number of ether oxygens (including phenoxy) is 1. The van der Waals surface area contributed by atoms with E-state index in [0.717, 1.165) is 5.56 Å². The first-order chi connectivity index (χ1) is 7.27. The fraction of sp³-hybridized carbons (Fsp3) is 0.364. The minimum Gasteiger partial charge on any atom is -0.439 e. The summed E-state index contributed by atoms with van der Waals surface area (Å²) >= 11 is 0. The van der Waals surface area contributed by atoms with Gasteiger partial charge in [-0.05, 0) is 12.5 Å². The second kappa shape index (κ2) is 6.03. The van der Waals surface area contributed by atoms with Crippen LogP contribution < -0.4 is 5.32 Å². The maximum absolute atomic E-state index is 11.1. The van der Waals surface area contributed by atoms with Gasteiger partial charge >= 0.3 is 6.09 Å². The topological polar surface area (TPSA) is 58.6 Å². The molecular formula is C11H15NO3. The summed E-state index contributed by atoms with van der Waals surface area (Å²) in [5, 5.41) is 11.6. The number of aliphatic hydroxyl groups is 1. The van der Waals surface area contributed by atoms with E-state index >= 15 is 0 Å². The second-order valence-corrected chi connectivity index (χ2v) is 3.02. The van der Waals surface area contributed by atoms with E-state index in [1.54, 1.807) is 19.1 Å². The number of benzene rings is 1. The highest BCUT2D eigenvalue weighted by Gasteiger charge is 2.14. The van der Waals surface area contributed by atoms with Crippen LogP contribution in [0, 0.1) is 0 Å². The van der Waals surface area contributed by atoms with Gasteiger partial charge in [0.2, 0.25) is 0 Å². The number of hydrogen-bond donors (Lipinski definition) is 2. The molecule has 1 aromatic rings. The zero-order valence-electron chi connectivity index (χ0n) is 8.64. The van der Waals surface area contributed by atoms with E-state index in [1.165, 1.54) is 0 Å². The number of aliphatic hydroxyl groups excluding tert-OH is 1. The van der Waals surface area contributed by atoms with Gasteiger partial charge in [-0.1, -0.05) is 30.3 Å². The molecule has 1 rings (SSSR count). The molecule has 4 heteroatoms. The zero-order valence-corrected chi connectivity index (χ0v) is 8.64. The van der Waals surface area contributed by atoms with Gasteiger partial charge in [-0.3, -0.25) is 0 Å². The Balaban J connectivity index is 2.61. The van der Waals surface area contributed by atoms with Gasteiger partial charge in [0.05, 0.1) is 6.61 Å². The molecule has 0 saturated carbocycles. The fourth-order valence-corrected chi connectivity index (χ4v) is 1.19. The minimum atomic E-state index is -0.599. The molecule has 0 aromatic heterocycles. The minimum absolute atomic E-state index is 0.221. The number of amides is 1. The normalized spacial score (nSPS) is 11.9. The van der Waals surface area contributed by atoms with Crippen LogP contribution in [0.2, 0.25) is 0 Å². The lowest BCUT2D eigenvalue weighted by atomic mass is 10.1. The van der Waals surface area contributed by atoms with Crippen LogP contribution in [-0.2, 0) is 4.74 Å². The molecule has 1 atom stereocenters. The Morgan fingerprint density at radius 2 is 2.13 bits per heavy atom. The molecule has 0 bridgehead atoms. The molecule has 0 saturated heterocycles. The van der Waals surface area contributed by atoms with Gasteiger partial charge in [-0.15, -0.1) is 0 Å². The van der Waals surface area contributed by atoms with Crippen LogP contribution in [0.4, 0.5) is 4.79 Å². The Hall–Kier alpha value is -1.55. The molecule has 0 aliphatic heterocycles. The molecular weight excluding hydrogens is 194 g/mol. The molecule has 0 radical (unpaired) electrons. The molecule has 1 amide bonds. The molecule has 1 aromatic carbocycles. The van der Waals surface area contributed by atoms with Gasteiger partial charge in [0.15, 0.2) is 6.10 Å². The zero-order chi connectivity index (χ0) is 11.1. The van der Waals surface area contributed by atoms with Crippen LogP contribution >= 0.6 is 0 Å². The maximum Gasteiger partial charge on any atom is 0.407 e. The predicted octanol–water partition coefficient (Wildman–Crippen LogP) is 1.47. The third-order valence-corrected chi connectivity index (χ3v) is 1.91. The fourth-order valence-electron chi connectivity index (χ4n) is 1.19. The summed E-state index contributed by atoms with van der Waals surface area (Å²) < 4.78 is 5.03. The lowest BCUT2D eigenvalue weighted by Gasteiger charge is -2.15. The molecule has 15 heavy (non-hydrogen) atoms. The lowest BCUT2D eigenvalue weighted by Crippen LogP contribution is -2.26. The van der Waals surface area contributed by atoms with Crippen LogP contribution in [0.5, 0.6) is 0 Å². The highest BCUT2D eigenvalue weighted by Crippen LogP contribution is 2.15. The summed E-state index contributed by atoms with van der Waals surface area (Å²) in [5.41, 5.74) is 0.784. The first kappa shape index (κ1) is 11.5. The average molecular weight is 209 g/mol. The van der Waals surface area contributed by atoms with Crippen molar-refractivity contribution in [3.05, 3.63) is 35.9 Å². The van der Waals surface area contributed by atoms with E-state index in [4.69, 9.17) is 9.84 Å². The maximum atomic E-state index is 11.1. The largest absolute Gasteiger partial charge is 0.439 e. The smallest absolute Gasteiger partial charge is 0.407 e. The van der Waals surface area contributed by atoms with Crippen LogP contribution in [0.3, 0.4) is 0 Å². The van der Waals surface area contributed by atoms with Crippen molar-refractivity contribution in [2.45, 2.75) is 13.0 Å². The van der Waals surface area contributed by atoms with Crippen LogP contribution in [0.15, 0.2) is 30.3 Å². The third-order valence-electron chi connectivity index (χ3n) is 1.91. The number of nitrogens with one attached hydrogen (secondary N) is 1. The predicted molar refractivity (Wildman–Crippen MR) is 56.4 cm³/mol. The molecule has 2 N–H and O–H groups in total. The van der Waals surface area contributed by atoms with E-state index in [2.05, 4.69) is 5.32 Å². The van der Waals surface area contributed by atoms with Crippen molar-refractivity contribution >= 4 is 6.09 Å². The monoisotopic (exact) mass is 209 g/mol. The van der Waals surface area contributed by atoms with E-state index in [0.29, 0.717) is 6.54 Å². The van der Waals surface area contributed by atoms with Crippen molar-refractivity contribution in [2.24, 2.45) is 0 Å². The SMILES string of the molecule is CCNC(=O)OC(CO)c1ccccc1. The van der Waals surface area contributed by atoms with Gasteiger partial charge in [-0.2, -0.15) is 0 Å². The Bertz CT molecular complexity index is 300. The number of rotatable bonds is 4. The van der Waals surface area contributed by atoms with Crippen LogP contribution in [0.1, 0.15) is 18.6 Å². The average Bonchev–Trinajstić information content (AvgIpc) is 2.27. The first-order valence-electron chi connectivity index (χ1n) is 4.88. The van der Waals surface area contributed by atoms with Crippen molar-refractivity contribution in [3.63, 3.8) is 0 Å². The summed E-state index contributed by atoms with van der Waals surface area (Å²) in [6, 6.07) is 9.14. The van der Waals surface area contributed by atoms with Crippen LogP contribution in [0.25, 0.3) is 0 Å². The van der Waals surface area contributed by atoms with Crippen molar-refractivity contribution in [1.29, 1.82) is 0 Å². The summed E-state index contributed by atoms with van der Waals surface area (Å²) in [6.07, 6.45) is -1.11. The molecule has 0 aliphatic carbocycles.